The van der Waals surface area contributed by atoms with E-state index in [9.17, 15) is 0 Å². The summed E-state index contributed by atoms with van der Waals surface area (Å²) in [4.78, 5) is 2.52. The molecule has 0 amide bonds. The van der Waals surface area contributed by atoms with Crippen molar-refractivity contribution in [1.29, 1.82) is 0 Å². The first kappa shape index (κ1) is 15.8. The molecule has 2 saturated heterocycles. The van der Waals surface area contributed by atoms with Gasteiger partial charge in [-0.3, -0.25) is 4.90 Å². The molecule has 1 atom stereocenters. The molecular weight excluding hydrogens is 302 g/mol. The second-order valence-electron chi connectivity index (χ2n) is 6.90. The molecule has 0 spiro atoms. The van der Waals surface area contributed by atoms with Gasteiger partial charge in [-0.25, -0.2) is 4.68 Å². The van der Waals surface area contributed by atoms with Crippen LogP contribution in [0.3, 0.4) is 0 Å². The van der Waals surface area contributed by atoms with Crippen LogP contribution in [0, 0.1) is 5.92 Å². The Morgan fingerprint density at radius 2 is 2.00 bits per heavy atom. The molecule has 2 aliphatic heterocycles. The third-order valence-electron chi connectivity index (χ3n) is 5.22. The van der Waals surface area contributed by atoms with Gasteiger partial charge < -0.3 is 9.47 Å². The van der Waals surface area contributed by atoms with Crippen LogP contribution in [0.15, 0.2) is 42.7 Å². The van der Waals surface area contributed by atoms with Gasteiger partial charge in [0.05, 0.1) is 18.9 Å². The van der Waals surface area contributed by atoms with Crippen LogP contribution >= 0.6 is 0 Å². The Morgan fingerprint density at radius 3 is 2.71 bits per heavy atom. The highest BCUT2D eigenvalue weighted by Crippen LogP contribution is 2.34. The number of aromatic nitrogens is 2. The summed E-state index contributed by atoms with van der Waals surface area (Å²) in [5, 5.41) is 4.27. The molecule has 0 unspecified atom stereocenters. The van der Waals surface area contributed by atoms with Crippen LogP contribution in [0.4, 0.5) is 0 Å². The summed E-state index contributed by atoms with van der Waals surface area (Å²) < 4.78 is 13.6. The number of benzene rings is 1. The van der Waals surface area contributed by atoms with Crippen LogP contribution in [0.1, 0.15) is 25.3 Å². The molecule has 0 N–H and O–H groups in total. The lowest BCUT2D eigenvalue weighted by atomic mass is 9.90. The molecular formula is C19H25N3O2. The minimum atomic E-state index is -0.386. The van der Waals surface area contributed by atoms with E-state index in [0.717, 1.165) is 38.5 Å². The molecule has 24 heavy (non-hydrogen) atoms. The van der Waals surface area contributed by atoms with Gasteiger partial charge >= 0.3 is 0 Å². The van der Waals surface area contributed by atoms with Gasteiger partial charge in [0, 0.05) is 31.4 Å². The van der Waals surface area contributed by atoms with Crippen LogP contribution in [-0.2, 0) is 16.0 Å². The maximum Gasteiger partial charge on any atom is 0.169 e. The molecule has 0 saturated carbocycles. The van der Waals surface area contributed by atoms with Gasteiger partial charge in [0.2, 0.25) is 0 Å². The standard InChI is InChI=1S/C19H25N3O2/c1-19(23-12-13-24-19)17-4-2-10-21(15-17)14-16-5-7-18(8-6-16)22-11-3-9-20-22/h3,5-9,11,17H,2,4,10,12-15H2,1H3/t17-/m1/s1. The Morgan fingerprint density at radius 1 is 1.21 bits per heavy atom. The molecule has 5 heteroatoms. The van der Waals surface area contributed by atoms with Gasteiger partial charge in [0.15, 0.2) is 5.79 Å². The largest absolute Gasteiger partial charge is 0.347 e. The lowest BCUT2D eigenvalue weighted by Gasteiger charge is -2.40. The van der Waals surface area contributed by atoms with Crippen LogP contribution in [0.5, 0.6) is 0 Å². The van der Waals surface area contributed by atoms with Crippen molar-refractivity contribution in [1.82, 2.24) is 14.7 Å². The fourth-order valence-electron chi connectivity index (χ4n) is 3.83. The summed E-state index contributed by atoms with van der Waals surface area (Å²) in [5.74, 6) is 0.0694. The summed E-state index contributed by atoms with van der Waals surface area (Å²) in [7, 11) is 0. The van der Waals surface area contributed by atoms with E-state index in [2.05, 4.69) is 41.2 Å². The van der Waals surface area contributed by atoms with E-state index in [4.69, 9.17) is 9.47 Å². The maximum absolute atomic E-state index is 5.88. The fraction of sp³-hybridized carbons (Fsp3) is 0.526. The van der Waals surface area contributed by atoms with Crippen molar-refractivity contribution in [2.75, 3.05) is 26.3 Å². The third kappa shape index (κ3) is 3.24. The number of hydrogen-bond donors (Lipinski definition) is 0. The second-order valence-corrected chi connectivity index (χ2v) is 6.90. The summed E-state index contributed by atoms with van der Waals surface area (Å²) >= 11 is 0. The summed E-state index contributed by atoms with van der Waals surface area (Å²) in [6.45, 7) is 6.72. The van der Waals surface area contributed by atoms with Gasteiger partial charge in [-0.2, -0.15) is 5.10 Å². The monoisotopic (exact) mass is 327 g/mol. The molecule has 4 rings (SSSR count). The molecule has 0 bridgehead atoms. The van der Waals surface area contributed by atoms with Crippen LogP contribution < -0.4 is 0 Å². The molecule has 1 aromatic heterocycles. The second kappa shape index (κ2) is 6.67. The van der Waals surface area contributed by atoms with Crippen molar-refractivity contribution in [2.24, 2.45) is 5.92 Å². The lowest BCUT2D eigenvalue weighted by Crippen LogP contribution is -2.46. The van der Waals surface area contributed by atoms with E-state index in [-0.39, 0.29) is 5.79 Å². The van der Waals surface area contributed by atoms with Gasteiger partial charge in [0.25, 0.3) is 0 Å². The predicted molar refractivity (Wildman–Crippen MR) is 91.9 cm³/mol. The van der Waals surface area contributed by atoms with Crippen molar-refractivity contribution in [2.45, 2.75) is 32.1 Å². The van der Waals surface area contributed by atoms with Crippen molar-refractivity contribution >= 4 is 0 Å². The highest BCUT2D eigenvalue weighted by atomic mass is 16.7. The number of ether oxygens (including phenoxy) is 2. The van der Waals surface area contributed by atoms with E-state index in [1.165, 1.54) is 18.4 Å². The molecule has 0 radical (unpaired) electrons. The Bertz CT molecular complexity index is 648. The minimum Gasteiger partial charge on any atom is -0.347 e. The summed E-state index contributed by atoms with van der Waals surface area (Å²) in [6.07, 6.45) is 6.16. The molecule has 2 aromatic rings. The van der Waals surface area contributed by atoms with Crippen molar-refractivity contribution < 1.29 is 9.47 Å². The zero-order chi connectivity index (χ0) is 16.4. The molecule has 2 aliphatic rings. The number of likely N-dealkylation sites (tertiary alicyclic amines) is 1. The fourth-order valence-corrected chi connectivity index (χ4v) is 3.83. The number of hydrogen-bond acceptors (Lipinski definition) is 4. The normalized spacial score (nSPS) is 24.3. The average Bonchev–Trinajstić information content (AvgIpc) is 3.28. The first-order valence-electron chi connectivity index (χ1n) is 8.82. The average molecular weight is 327 g/mol. The Balaban J connectivity index is 1.39. The van der Waals surface area contributed by atoms with Gasteiger partial charge in [0.1, 0.15) is 0 Å². The highest BCUT2D eigenvalue weighted by Gasteiger charge is 2.41. The Hall–Kier alpha value is -1.69. The maximum atomic E-state index is 5.88. The van der Waals surface area contributed by atoms with E-state index >= 15 is 0 Å². The van der Waals surface area contributed by atoms with Crippen molar-refractivity contribution in [3.8, 4) is 5.69 Å². The smallest absolute Gasteiger partial charge is 0.169 e. The zero-order valence-electron chi connectivity index (χ0n) is 14.2. The number of rotatable bonds is 4. The molecule has 5 nitrogen and oxygen atoms in total. The van der Waals surface area contributed by atoms with Gasteiger partial charge in [-0.05, 0) is 50.1 Å². The quantitative estimate of drug-likeness (QED) is 0.866. The summed E-state index contributed by atoms with van der Waals surface area (Å²) in [5.41, 5.74) is 2.44. The van der Waals surface area contributed by atoms with Crippen molar-refractivity contribution in [3.63, 3.8) is 0 Å². The SMILES string of the molecule is CC1([C@@H]2CCCN(Cc3ccc(-n4cccn4)cc3)C2)OCCO1. The zero-order valence-corrected chi connectivity index (χ0v) is 14.2. The van der Waals surface area contributed by atoms with E-state index in [1.807, 2.05) is 16.9 Å². The van der Waals surface area contributed by atoms with Gasteiger partial charge in [-0.15, -0.1) is 0 Å². The Labute approximate surface area is 143 Å². The highest BCUT2D eigenvalue weighted by molar-refractivity contribution is 5.33. The Kier molecular flexibility index (Phi) is 4.39. The van der Waals surface area contributed by atoms with Crippen molar-refractivity contribution in [3.05, 3.63) is 48.3 Å². The molecule has 128 valence electrons. The van der Waals surface area contributed by atoms with E-state index in [1.54, 1.807) is 6.20 Å². The van der Waals surface area contributed by atoms with E-state index < -0.39 is 0 Å². The molecule has 3 heterocycles. The topological polar surface area (TPSA) is 39.5 Å². The minimum absolute atomic E-state index is 0.386. The predicted octanol–water partition coefficient (Wildman–Crippen LogP) is 2.85. The number of piperidine rings is 1. The lowest BCUT2D eigenvalue weighted by molar-refractivity contribution is -0.192. The van der Waals surface area contributed by atoms with Crippen LogP contribution in [0.2, 0.25) is 0 Å². The van der Waals surface area contributed by atoms with E-state index in [0.29, 0.717) is 5.92 Å². The van der Waals surface area contributed by atoms with Crippen LogP contribution in [0.25, 0.3) is 5.69 Å². The molecule has 2 fully saturated rings. The first-order chi connectivity index (χ1) is 11.7. The summed E-state index contributed by atoms with van der Waals surface area (Å²) in [6, 6.07) is 10.6. The molecule has 0 aliphatic carbocycles. The first-order valence-corrected chi connectivity index (χ1v) is 8.82. The number of nitrogens with zero attached hydrogens (tertiary/aromatic N) is 3. The van der Waals surface area contributed by atoms with Crippen LogP contribution in [-0.4, -0.2) is 46.8 Å². The van der Waals surface area contributed by atoms with Gasteiger partial charge in [-0.1, -0.05) is 12.1 Å². The third-order valence-corrected chi connectivity index (χ3v) is 5.22. The molecule has 1 aromatic carbocycles.